The molecule has 3 aliphatic carbocycles. The molecule has 0 bridgehead atoms. The summed E-state index contributed by atoms with van der Waals surface area (Å²) in [7, 11) is 0. The van der Waals surface area contributed by atoms with Gasteiger partial charge in [-0.1, -0.05) is 191 Å². The molecule has 8 aromatic rings. The summed E-state index contributed by atoms with van der Waals surface area (Å²) in [5.41, 5.74) is 23.1. The van der Waals surface area contributed by atoms with Gasteiger partial charge in [-0.2, -0.15) is 0 Å². The van der Waals surface area contributed by atoms with Crippen molar-refractivity contribution in [3.8, 4) is 44.5 Å². The van der Waals surface area contributed by atoms with Gasteiger partial charge in [-0.05, 0) is 112 Å². The minimum atomic E-state index is -0.0624. The molecule has 0 saturated heterocycles. The summed E-state index contributed by atoms with van der Waals surface area (Å²) >= 11 is 0. The van der Waals surface area contributed by atoms with Crippen molar-refractivity contribution in [3.05, 3.63) is 214 Å². The molecule has 8 aromatic carbocycles. The van der Waals surface area contributed by atoms with Crippen molar-refractivity contribution in [2.75, 3.05) is 0 Å². The monoisotopic (exact) mass is 690 g/mol. The lowest BCUT2D eigenvalue weighted by molar-refractivity contribution is 0.657. The van der Waals surface area contributed by atoms with Crippen molar-refractivity contribution in [2.24, 2.45) is 0 Å². The molecule has 3 aliphatic rings. The predicted molar refractivity (Wildman–Crippen MR) is 227 cm³/mol. The van der Waals surface area contributed by atoms with E-state index in [1.165, 1.54) is 105 Å². The maximum Gasteiger partial charge on any atom is 0.0340 e. The van der Waals surface area contributed by atoms with Gasteiger partial charge in [0.15, 0.2) is 0 Å². The third-order valence-corrected chi connectivity index (χ3v) is 13.3. The maximum absolute atomic E-state index is 2.52. The zero-order chi connectivity index (χ0) is 36.3. The fourth-order valence-electron chi connectivity index (χ4n) is 10.5. The largest absolute Gasteiger partial charge is 0.0619 e. The van der Waals surface area contributed by atoms with E-state index >= 15 is 0 Å². The molecule has 0 unspecified atom stereocenters. The molecule has 0 saturated carbocycles. The first-order valence-corrected chi connectivity index (χ1v) is 19.5. The van der Waals surface area contributed by atoms with Crippen LogP contribution in [-0.2, 0) is 17.3 Å². The average Bonchev–Trinajstić information content (AvgIpc) is 3.58. The minimum Gasteiger partial charge on any atom is -0.0619 e. The Morgan fingerprint density at radius 1 is 0.370 bits per heavy atom. The van der Waals surface area contributed by atoms with Gasteiger partial charge in [0.05, 0.1) is 0 Å². The molecule has 0 fully saturated rings. The third kappa shape index (κ3) is 4.37. The molecule has 0 atom stereocenters. The molecule has 0 nitrogen and oxygen atoms in total. The predicted octanol–water partition coefficient (Wildman–Crippen LogP) is 13.9. The Morgan fingerprint density at radius 2 is 0.870 bits per heavy atom. The summed E-state index contributed by atoms with van der Waals surface area (Å²) in [6, 6.07) is 62.5. The average molecular weight is 691 g/mol. The molecule has 0 amide bonds. The molecule has 258 valence electrons. The minimum absolute atomic E-state index is 0.0624. The highest BCUT2D eigenvalue weighted by Gasteiger charge is 2.38. The number of hydrogen-bond donors (Lipinski definition) is 0. The van der Waals surface area contributed by atoms with Crippen molar-refractivity contribution in [2.45, 2.75) is 50.9 Å². The van der Waals surface area contributed by atoms with Crippen molar-refractivity contribution >= 4 is 10.8 Å². The zero-order valence-corrected chi connectivity index (χ0v) is 31.4. The molecule has 0 aromatic heterocycles. The summed E-state index contributed by atoms with van der Waals surface area (Å²) in [5.74, 6) is 0.0847. The summed E-state index contributed by atoms with van der Waals surface area (Å²) in [6.45, 7) is 9.55. The second kappa shape index (κ2) is 11.3. The lowest BCUT2D eigenvalue weighted by atomic mass is 9.77. The summed E-state index contributed by atoms with van der Waals surface area (Å²) in [4.78, 5) is 0. The SMILES string of the molecule is CC1(C)c2ccccc2-c2ccc(C(c3ccc(-c4ccc5c6c(cccc46)-c4ccccc4C5)cc3)c3ccc4c(c3)C(C)(C)c3ccccc3-4)cc21. The Kier molecular flexibility index (Phi) is 6.58. The number of fused-ring (bicyclic) bond motifs is 8. The molecule has 0 aliphatic heterocycles. The van der Waals surface area contributed by atoms with E-state index in [9.17, 15) is 0 Å². The van der Waals surface area contributed by atoms with Gasteiger partial charge in [0.1, 0.15) is 0 Å². The van der Waals surface area contributed by atoms with Gasteiger partial charge in [-0.3, -0.25) is 0 Å². The van der Waals surface area contributed by atoms with Crippen LogP contribution >= 0.6 is 0 Å². The van der Waals surface area contributed by atoms with Crippen molar-refractivity contribution in [1.82, 2.24) is 0 Å². The Balaban J connectivity index is 1.06. The second-order valence-corrected chi connectivity index (χ2v) is 16.8. The van der Waals surface area contributed by atoms with Crippen molar-refractivity contribution < 1.29 is 0 Å². The van der Waals surface area contributed by atoms with Crippen LogP contribution in [0.4, 0.5) is 0 Å². The quantitative estimate of drug-likeness (QED) is 0.161. The number of benzene rings is 8. The fourth-order valence-corrected chi connectivity index (χ4v) is 10.5. The lowest BCUT2D eigenvalue weighted by Crippen LogP contribution is -2.17. The first-order chi connectivity index (χ1) is 26.3. The van der Waals surface area contributed by atoms with Crippen LogP contribution in [0.5, 0.6) is 0 Å². The molecule has 0 N–H and O–H groups in total. The molecule has 0 heteroatoms. The van der Waals surface area contributed by atoms with E-state index in [1.54, 1.807) is 0 Å². The van der Waals surface area contributed by atoms with Crippen molar-refractivity contribution in [1.29, 1.82) is 0 Å². The smallest absolute Gasteiger partial charge is 0.0340 e. The first kappa shape index (κ1) is 31.5. The van der Waals surface area contributed by atoms with Gasteiger partial charge in [0.2, 0.25) is 0 Å². The van der Waals surface area contributed by atoms with Crippen LogP contribution in [-0.4, -0.2) is 0 Å². The maximum atomic E-state index is 2.52. The van der Waals surface area contributed by atoms with Gasteiger partial charge >= 0.3 is 0 Å². The standard InChI is InChI=1S/C54H42/c1-53(2)47-18-9-7-14-41(47)43-28-25-37(31-49(43)53)51(38-26-29-44-42-15-8-10-19-48(42)54(3,4)50(44)32-38)34-22-20-33(21-23-34)40-27-24-36-30-35-12-5-6-13-39(35)45-16-11-17-46(40)52(36)45/h5-29,31-32,51H,30H2,1-4H3. The van der Waals surface area contributed by atoms with E-state index in [2.05, 4.69) is 191 Å². The van der Waals surface area contributed by atoms with Crippen LogP contribution in [0.3, 0.4) is 0 Å². The molecule has 0 radical (unpaired) electrons. The molecule has 54 heavy (non-hydrogen) atoms. The first-order valence-electron chi connectivity index (χ1n) is 19.5. The van der Waals surface area contributed by atoms with E-state index in [-0.39, 0.29) is 16.7 Å². The van der Waals surface area contributed by atoms with Crippen molar-refractivity contribution in [3.63, 3.8) is 0 Å². The van der Waals surface area contributed by atoms with E-state index in [4.69, 9.17) is 0 Å². The van der Waals surface area contributed by atoms with Crippen LogP contribution in [0, 0.1) is 0 Å². The molecule has 0 spiro atoms. The van der Waals surface area contributed by atoms with Gasteiger partial charge in [0.25, 0.3) is 0 Å². The Hall–Kier alpha value is -5.98. The highest BCUT2D eigenvalue weighted by Crippen LogP contribution is 2.52. The van der Waals surface area contributed by atoms with E-state index < -0.39 is 0 Å². The van der Waals surface area contributed by atoms with Gasteiger partial charge in [-0.15, -0.1) is 0 Å². The van der Waals surface area contributed by atoms with E-state index in [0.29, 0.717) is 0 Å². The number of hydrogen-bond acceptors (Lipinski definition) is 0. The lowest BCUT2D eigenvalue weighted by Gasteiger charge is -2.26. The van der Waals surface area contributed by atoms with Crippen LogP contribution < -0.4 is 0 Å². The third-order valence-electron chi connectivity index (χ3n) is 13.3. The molecule has 0 heterocycles. The van der Waals surface area contributed by atoms with Crippen LogP contribution in [0.1, 0.15) is 83.7 Å². The molecule has 11 rings (SSSR count). The second-order valence-electron chi connectivity index (χ2n) is 16.8. The van der Waals surface area contributed by atoms with Crippen LogP contribution in [0.2, 0.25) is 0 Å². The van der Waals surface area contributed by atoms with Gasteiger partial charge in [-0.25, -0.2) is 0 Å². The zero-order valence-electron chi connectivity index (χ0n) is 31.4. The van der Waals surface area contributed by atoms with Crippen LogP contribution in [0.25, 0.3) is 55.3 Å². The summed E-state index contributed by atoms with van der Waals surface area (Å²) < 4.78 is 0. The van der Waals surface area contributed by atoms with Crippen LogP contribution in [0.15, 0.2) is 164 Å². The molecular formula is C54H42. The summed E-state index contributed by atoms with van der Waals surface area (Å²) in [5, 5.41) is 2.74. The van der Waals surface area contributed by atoms with E-state index in [1.807, 2.05) is 0 Å². The fraction of sp³-hybridized carbons (Fsp3) is 0.148. The Labute approximate surface area is 318 Å². The van der Waals surface area contributed by atoms with Gasteiger partial charge < -0.3 is 0 Å². The highest BCUT2D eigenvalue weighted by atomic mass is 14.4. The normalized spacial score (nSPS) is 15.1. The highest BCUT2D eigenvalue weighted by molar-refractivity contribution is 6.08. The summed E-state index contributed by atoms with van der Waals surface area (Å²) in [6.07, 6.45) is 0.982. The number of rotatable bonds is 4. The topological polar surface area (TPSA) is 0 Å². The van der Waals surface area contributed by atoms with Gasteiger partial charge in [0, 0.05) is 16.7 Å². The Morgan fingerprint density at radius 3 is 1.50 bits per heavy atom. The molecular weight excluding hydrogens is 649 g/mol. The van der Waals surface area contributed by atoms with E-state index in [0.717, 1.165) is 6.42 Å². The Bertz CT molecular complexity index is 2740.